The number of urea groups is 1. The van der Waals surface area contributed by atoms with Crippen LogP contribution in [0.15, 0.2) is 18.5 Å². The van der Waals surface area contributed by atoms with Gasteiger partial charge >= 0.3 is 6.03 Å². The molecule has 3 rings (SSSR count). The third-order valence-corrected chi connectivity index (χ3v) is 4.60. The Balaban J connectivity index is 1.37. The van der Waals surface area contributed by atoms with Crippen molar-refractivity contribution in [1.29, 1.82) is 0 Å². The van der Waals surface area contributed by atoms with E-state index in [2.05, 4.69) is 38.9 Å². The number of aromatic nitrogens is 2. The minimum Gasteiger partial charge on any atom is -0.373 e. The summed E-state index contributed by atoms with van der Waals surface area (Å²) in [5.74, 6) is 0.734. The lowest BCUT2D eigenvalue weighted by Gasteiger charge is -2.36. The Bertz CT molecular complexity index is 539. The smallest absolute Gasteiger partial charge is 0.317 e. The molecule has 0 aliphatic carbocycles. The van der Waals surface area contributed by atoms with Crippen molar-refractivity contribution in [2.24, 2.45) is 0 Å². The molecule has 1 aromatic heterocycles. The van der Waals surface area contributed by atoms with Crippen molar-refractivity contribution in [3.63, 3.8) is 0 Å². The highest BCUT2D eigenvalue weighted by molar-refractivity contribution is 5.74. The van der Waals surface area contributed by atoms with Gasteiger partial charge in [0.25, 0.3) is 0 Å². The van der Waals surface area contributed by atoms with Crippen molar-refractivity contribution in [2.45, 2.75) is 26.1 Å². The van der Waals surface area contributed by atoms with E-state index in [1.807, 2.05) is 11.0 Å². The maximum Gasteiger partial charge on any atom is 0.317 e. The number of morpholine rings is 1. The van der Waals surface area contributed by atoms with E-state index < -0.39 is 0 Å². The highest BCUT2D eigenvalue weighted by Gasteiger charge is 2.24. The van der Waals surface area contributed by atoms with Gasteiger partial charge in [0.15, 0.2) is 0 Å². The van der Waals surface area contributed by atoms with Gasteiger partial charge in [0.2, 0.25) is 5.95 Å². The van der Waals surface area contributed by atoms with Gasteiger partial charge in [-0.05, 0) is 19.9 Å². The zero-order valence-electron chi connectivity index (χ0n) is 15.1. The van der Waals surface area contributed by atoms with Crippen molar-refractivity contribution < 1.29 is 9.53 Å². The summed E-state index contributed by atoms with van der Waals surface area (Å²) in [7, 11) is 0. The first-order valence-electron chi connectivity index (χ1n) is 9.04. The van der Waals surface area contributed by atoms with E-state index in [0.29, 0.717) is 19.6 Å². The molecule has 1 N–H and O–H groups in total. The first-order chi connectivity index (χ1) is 12.1. The molecule has 0 aromatic carbocycles. The lowest BCUT2D eigenvalue weighted by atomic mass is 10.2. The van der Waals surface area contributed by atoms with Crippen LogP contribution < -0.4 is 10.2 Å². The third-order valence-electron chi connectivity index (χ3n) is 4.60. The molecule has 2 aliphatic heterocycles. The number of anilines is 1. The van der Waals surface area contributed by atoms with Gasteiger partial charge in [-0.3, -0.25) is 4.90 Å². The van der Waals surface area contributed by atoms with Gasteiger partial charge in [-0.15, -0.1) is 0 Å². The van der Waals surface area contributed by atoms with Crippen molar-refractivity contribution in [3.8, 4) is 0 Å². The summed E-state index contributed by atoms with van der Waals surface area (Å²) in [5, 5.41) is 3.04. The lowest BCUT2D eigenvalue weighted by molar-refractivity contribution is -0.0672. The maximum atomic E-state index is 12.3. The molecular weight excluding hydrogens is 320 g/mol. The number of hydrogen-bond acceptors (Lipinski definition) is 6. The monoisotopic (exact) mass is 348 g/mol. The maximum absolute atomic E-state index is 12.3. The molecule has 8 nitrogen and oxygen atoms in total. The van der Waals surface area contributed by atoms with Crippen molar-refractivity contribution >= 4 is 12.0 Å². The molecule has 8 heteroatoms. The van der Waals surface area contributed by atoms with Gasteiger partial charge in [-0.25, -0.2) is 14.8 Å². The lowest BCUT2D eigenvalue weighted by Crippen LogP contribution is -2.53. The van der Waals surface area contributed by atoms with Crippen molar-refractivity contribution in [1.82, 2.24) is 25.1 Å². The Hall–Kier alpha value is -1.93. The quantitative estimate of drug-likeness (QED) is 0.850. The number of nitrogens with zero attached hydrogens (tertiary/aromatic N) is 5. The summed E-state index contributed by atoms with van der Waals surface area (Å²) < 4.78 is 5.73. The number of piperazine rings is 1. The summed E-state index contributed by atoms with van der Waals surface area (Å²) in [6, 6.07) is 1.83. The molecule has 2 aliphatic rings. The predicted molar refractivity (Wildman–Crippen MR) is 95.7 cm³/mol. The van der Waals surface area contributed by atoms with Crippen molar-refractivity contribution in [2.75, 3.05) is 57.3 Å². The highest BCUT2D eigenvalue weighted by Crippen LogP contribution is 2.11. The van der Waals surface area contributed by atoms with Crippen LogP contribution in [0.5, 0.6) is 0 Å². The zero-order chi connectivity index (χ0) is 17.6. The Morgan fingerprint density at radius 2 is 1.80 bits per heavy atom. The van der Waals surface area contributed by atoms with E-state index in [4.69, 9.17) is 4.74 Å². The number of carbonyl (C=O) groups excluding carboxylic acids is 1. The van der Waals surface area contributed by atoms with E-state index in [1.54, 1.807) is 12.4 Å². The van der Waals surface area contributed by atoms with Gasteiger partial charge in [-0.2, -0.15) is 0 Å². The first-order valence-corrected chi connectivity index (χ1v) is 9.04. The van der Waals surface area contributed by atoms with Crippen LogP contribution in [0.3, 0.4) is 0 Å². The van der Waals surface area contributed by atoms with Crippen LogP contribution in [0.4, 0.5) is 10.7 Å². The van der Waals surface area contributed by atoms with Gasteiger partial charge in [0, 0.05) is 64.8 Å². The second-order valence-corrected chi connectivity index (χ2v) is 6.77. The molecule has 0 spiro atoms. The summed E-state index contributed by atoms with van der Waals surface area (Å²) in [5.41, 5.74) is 0. The van der Waals surface area contributed by atoms with E-state index in [-0.39, 0.29) is 18.2 Å². The van der Waals surface area contributed by atoms with Gasteiger partial charge in [-0.1, -0.05) is 0 Å². The summed E-state index contributed by atoms with van der Waals surface area (Å²) >= 11 is 0. The van der Waals surface area contributed by atoms with Gasteiger partial charge in [0.05, 0.1) is 12.2 Å². The van der Waals surface area contributed by atoms with Crippen LogP contribution in [0.25, 0.3) is 0 Å². The number of nitrogens with one attached hydrogen (secondary N) is 1. The molecule has 25 heavy (non-hydrogen) atoms. The van der Waals surface area contributed by atoms with Crippen LogP contribution in [0.2, 0.25) is 0 Å². The van der Waals surface area contributed by atoms with Gasteiger partial charge < -0.3 is 19.9 Å². The molecule has 3 heterocycles. The first kappa shape index (κ1) is 17.9. The normalized spacial score (nSPS) is 25.0. The minimum atomic E-state index is 0.0167. The molecule has 2 saturated heterocycles. The molecular formula is C17H28N6O2. The standard InChI is InChI=1S/C17H28N6O2/c1-14-12-21(13-15(2)25-14)7-6-20-17(24)23-10-8-22(9-11-23)16-18-4-3-5-19-16/h3-5,14-15H,6-13H2,1-2H3,(H,20,24)/t14-,15-/m0/s1. The topological polar surface area (TPSA) is 73.8 Å². The van der Waals surface area contributed by atoms with Gasteiger partial charge in [0.1, 0.15) is 0 Å². The summed E-state index contributed by atoms with van der Waals surface area (Å²) in [6.45, 7) is 10.5. The fourth-order valence-electron chi connectivity index (χ4n) is 3.46. The van der Waals surface area contributed by atoms with Crippen LogP contribution in [0, 0.1) is 0 Å². The number of hydrogen-bond donors (Lipinski definition) is 1. The zero-order valence-corrected chi connectivity index (χ0v) is 15.1. The highest BCUT2D eigenvalue weighted by atomic mass is 16.5. The third kappa shape index (κ3) is 5.02. The van der Waals surface area contributed by atoms with E-state index in [0.717, 1.165) is 38.7 Å². The number of rotatable bonds is 4. The van der Waals surface area contributed by atoms with Crippen LogP contribution in [-0.4, -0.2) is 90.4 Å². The Labute approximate surface area is 149 Å². The van der Waals surface area contributed by atoms with E-state index >= 15 is 0 Å². The molecule has 0 saturated carbocycles. The minimum absolute atomic E-state index is 0.0167. The van der Waals surface area contributed by atoms with Crippen LogP contribution >= 0.6 is 0 Å². The Morgan fingerprint density at radius 3 is 2.44 bits per heavy atom. The van der Waals surface area contributed by atoms with Crippen LogP contribution in [-0.2, 0) is 4.74 Å². The Kier molecular flexibility index (Phi) is 6.04. The molecule has 0 radical (unpaired) electrons. The molecule has 0 bridgehead atoms. The number of ether oxygens (including phenoxy) is 1. The molecule has 0 unspecified atom stereocenters. The van der Waals surface area contributed by atoms with E-state index in [1.165, 1.54) is 0 Å². The fraction of sp³-hybridized carbons (Fsp3) is 0.706. The Morgan fingerprint density at radius 1 is 1.16 bits per heavy atom. The van der Waals surface area contributed by atoms with Crippen LogP contribution in [0.1, 0.15) is 13.8 Å². The molecule has 138 valence electrons. The average molecular weight is 348 g/mol. The summed E-state index contributed by atoms with van der Waals surface area (Å²) in [6.07, 6.45) is 4.00. The second kappa shape index (κ2) is 8.44. The SMILES string of the molecule is C[C@H]1CN(CCNC(=O)N2CCN(c3ncccn3)CC2)C[C@H](C)O1. The second-order valence-electron chi connectivity index (χ2n) is 6.77. The number of amides is 2. The van der Waals surface area contributed by atoms with Crippen molar-refractivity contribution in [3.05, 3.63) is 18.5 Å². The molecule has 2 amide bonds. The molecule has 1 aromatic rings. The van der Waals surface area contributed by atoms with E-state index in [9.17, 15) is 4.79 Å². The summed E-state index contributed by atoms with van der Waals surface area (Å²) in [4.78, 5) is 27.2. The largest absolute Gasteiger partial charge is 0.373 e. The predicted octanol–water partition coefficient (Wildman–Crippen LogP) is 0.417. The fourth-order valence-corrected chi connectivity index (χ4v) is 3.46. The molecule has 2 atom stereocenters. The molecule has 2 fully saturated rings. The number of carbonyl (C=O) groups is 1. The average Bonchev–Trinajstić information content (AvgIpc) is 2.62.